The van der Waals surface area contributed by atoms with E-state index in [-0.39, 0.29) is 6.10 Å². The summed E-state index contributed by atoms with van der Waals surface area (Å²) in [6.07, 6.45) is 0.886. The highest BCUT2D eigenvalue weighted by Gasteiger charge is 2.05. The van der Waals surface area contributed by atoms with Gasteiger partial charge in [0.2, 0.25) is 0 Å². The molecule has 0 N–H and O–H groups in total. The fraction of sp³-hybridized carbons (Fsp3) is 0.429. The molecule has 0 aliphatic carbocycles. The summed E-state index contributed by atoms with van der Waals surface area (Å²) in [5.41, 5.74) is 0.937. The van der Waals surface area contributed by atoms with Gasteiger partial charge in [0.25, 0.3) is 0 Å². The Hall–Kier alpha value is -1.46. The molecule has 1 aromatic carbocycles. The van der Waals surface area contributed by atoms with Crippen molar-refractivity contribution in [3.8, 4) is 17.6 Å². The first-order valence-corrected chi connectivity index (χ1v) is 5.51. The van der Waals surface area contributed by atoms with Crippen molar-refractivity contribution in [2.75, 3.05) is 13.7 Å². The zero-order chi connectivity index (χ0) is 11.8. The van der Waals surface area contributed by atoms with Gasteiger partial charge in [0.15, 0.2) is 0 Å². The van der Waals surface area contributed by atoms with Gasteiger partial charge in [0.1, 0.15) is 11.9 Å². The summed E-state index contributed by atoms with van der Waals surface area (Å²) in [5.74, 6) is 6.97. The number of hydrogen-bond acceptors (Lipinski definition) is 2. The van der Waals surface area contributed by atoms with Crippen LogP contribution in [-0.4, -0.2) is 19.8 Å². The van der Waals surface area contributed by atoms with E-state index in [1.54, 1.807) is 7.11 Å². The first-order chi connectivity index (χ1) is 7.77. The summed E-state index contributed by atoms with van der Waals surface area (Å²) in [6, 6.07) is 7.82. The monoisotopic (exact) mass is 218 g/mol. The Morgan fingerprint density at radius 2 is 2.06 bits per heavy atom. The van der Waals surface area contributed by atoms with E-state index < -0.39 is 0 Å². The van der Waals surface area contributed by atoms with Crippen LogP contribution >= 0.6 is 0 Å². The third-order valence-electron chi connectivity index (χ3n) is 2.02. The lowest BCUT2D eigenvalue weighted by atomic mass is 10.2. The van der Waals surface area contributed by atoms with Gasteiger partial charge in [0.05, 0.1) is 12.2 Å². The number of rotatable bonds is 4. The molecule has 0 heterocycles. The van der Waals surface area contributed by atoms with Crippen LogP contribution in [0.3, 0.4) is 0 Å². The highest BCUT2D eigenvalue weighted by molar-refractivity contribution is 5.45. The maximum atomic E-state index is 5.76. The second-order valence-electron chi connectivity index (χ2n) is 3.54. The summed E-state index contributed by atoms with van der Waals surface area (Å²) >= 11 is 0. The van der Waals surface area contributed by atoms with Crippen molar-refractivity contribution in [2.24, 2.45) is 0 Å². The third kappa shape index (κ3) is 3.96. The molecule has 0 saturated heterocycles. The molecule has 86 valence electrons. The third-order valence-corrected chi connectivity index (χ3v) is 2.02. The largest absolute Gasteiger partial charge is 0.487 e. The van der Waals surface area contributed by atoms with Gasteiger partial charge >= 0.3 is 0 Å². The van der Waals surface area contributed by atoms with E-state index in [0.29, 0.717) is 6.61 Å². The first kappa shape index (κ1) is 12.6. The smallest absolute Gasteiger partial charge is 0.135 e. The van der Waals surface area contributed by atoms with Gasteiger partial charge in [-0.3, -0.25) is 0 Å². The van der Waals surface area contributed by atoms with Gasteiger partial charge in [-0.1, -0.05) is 30.9 Å². The summed E-state index contributed by atoms with van der Waals surface area (Å²) in [6.45, 7) is 4.59. The molecule has 0 spiro atoms. The fourth-order valence-corrected chi connectivity index (χ4v) is 1.34. The van der Waals surface area contributed by atoms with E-state index in [0.717, 1.165) is 17.7 Å². The average molecular weight is 218 g/mol. The van der Waals surface area contributed by atoms with Crippen molar-refractivity contribution in [3.63, 3.8) is 0 Å². The van der Waals surface area contributed by atoms with E-state index in [9.17, 15) is 0 Å². The van der Waals surface area contributed by atoms with Crippen LogP contribution in [0.25, 0.3) is 0 Å². The number of methoxy groups -OCH3 is 1. The van der Waals surface area contributed by atoms with Gasteiger partial charge in [-0.2, -0.15) is 0 Å². The first-order valence-electron chi connectivity index (χ1n) is 5.51. The average Bonchev–Trinajstić information content (AvgIpc) is 2.28. The Bertz CT molecular complexity index is 374. The predicted octanol–water partition coefficient (Wildman–Crippen LogP) is 2.86. The van der Waals surface area contributed by atoms with Gasteiger partial charge in [-0.25, -0.2) is 0 Å². The topological polar surface area (TPSA) is 18.5 Å². The summed E-state index contributed by atoms with van der Waals surface area (Å²) in [5, 5.41) is 0. The quantitative estimate of drug-likeness (QED) is 0.723. The zero-order valence-electron chi connectivity index (χ0n) is 10.1. The molecule has 2 nitrogen and oxygen atoms in total. The van der Waals surface area contributed by atoms with Crippen LogP contribution in [0.1, 0.15) is 25.8 Å². The lowest BCUT2D eigenvalue weighted by Gasteiger charge is -2.14. The van der Waals surface area contributed by atoms with Gasteiger partial charge in [0, 0.05) is 13.5 Å². The predicted molar refractivity (Wildman–Crippen MR) is 65.6 cm³/mol. The molecule has 0 aliphatic rings. The number of para-hydroxylation sites is 1. The molecule has 1 atom stereocenters. The Labute approximate surface area is 97.6 Å². The SMILES string of the molecule is CCC#Cc1ccccc1O[C@H](C)COC. The highest BCUT2D eigenvalue weighted by atomic mass is 16.5. The Morgan fingerprint density at radius 1 is 1.31 bits per heavy atom. The standard InChI is InChI=1S/C14H18O2/c1-4-5-8-13-9-6-7-10-14(13)16-12(2)11-15-3/h6-7,9-10,12H,4,11H2,1-3H3/t12-/m1/s1. The molecule has 1 aromatic rings. The van der Waals surface area contributed by atoms with E-state index in [2.05, 4.69) is 11.8 Å². The molecule has 2 heteroatoms. The highest BCUT2D eigenvalue weighted by Crippen LogP contribution is 2.18. The normalized spacial score (nSPS) is 11.4. The van der Waals surface area contributed by atoms with Crippen LogP contribution in [0, 0.1) is 11.8 Å². The van der Waals surface area contributed by atoms with E-state index in [1.807, 2.05) is 38.1 Å². The Morgan fingerprint density at radius 3 is 2.75 bits per heavy atom. The minimum Gasteiger partial charge on any atom is -0.487 e. The summed E-state index contributed by atoms with van der Waals surface area (Å²) in [7, 11) is 1.67. The summed E-state index contributed by atoms with van der Waals surface area (Å²) in [4.78, 5) is 0. The van der Waals surface area contributed by atoms with Crippen molar-refractivity contribution >= 4 is 0 Å². The molecule has 0 fully saturated rings. The van der Waals surface area contributed by atoms with Crippen LogP contribution in [0.15, 0.2) is 24.3 Å². The zero-order valence-corrected chi connectivity index (χ0v) is 10.1. The Kier molecular flexibility index (Phi) is 5.45. The van der Waals surface area contributed by atoms with Crippen molar-refractivity contribution in [1.29, 1.82) is 0 Å². The van der Waals surface area contributed by atoms with E-state index in [4.69, 9.17) is 9.47 Å². The minimum absolute atomic E-state index is 0.0366. The molecule has 0 amide bonds. The molecule has 0 bridgehead atoms. The molecule has 0 radical (unpaired) electrons. The van der Waals surface area contributed by atoms with Crippen LogP contribution in [0.5, 0.6) is 5.75 Å². The van der Waals surface area contributed by atoms with Crippen LogP contribution in [-0.2, 0) is 4.74 Å². The van der Waals surface area contributed by atoms with Crippen molar-refractivity contribution in [2.45, 2.75) is 26.4 Å². The van der Waals surface area contributed by atoms with Gasteiger partial charge in [-0.05, 0) is 19.1 Å². The maximum absolute atomic E-state index is 5.76. The second-order valence-corrected chi connectivity index (χ2v) is 3.54. The van der Waals surface area contributed by atoms with Crippen LogP contribution in [0.2, 0.25) is 0 Å². The molecule has 1 rings (SSSR count). The lowest BCUT2D eigenvalue weighted by molar-refractivity contribution is 0.0919. The van der Waals surface area contributed by atoms with Crippen molar-refractivity contribution in [3.05, 3.63) is 29.8 Å². The van der Waals surface area contributed by atoms with Crippen LogP contribution in [0.4, 0.5) is 0 Å². The fourth-order valence-electron chi connectivity index (χ4n) is 1.34. The van der Waals surface area contributed by atoms with Crippen molar-refractivity contribution in [1.82, 2.24) is 0 Å². The molecule has 0 aromatic heterocycles. The number of ether oxygens (including phenoxy) is 2. The summed E-state index contributed by atoms with van der Waals surface area (Å²) < 4.78 is 10.8. The molecule has 16 heavy (non-hydrogen) atoms. The minimum atomic E-state index is 0.0366. The number of hydrogen-bond donors (Lipinski definition) is 0. The molecular weight excluding hydrogens is 200 g/mol. The maximum Gasteiger partial charge on any atom is 0.135 e. The van der Waals surface area contributed by atoms with E-state index in [1.165, 1.54) is 0 Å². The van der Waals surface area contributed by atoms with Gasteiger partial charge in [-0.15, -0.1) is 0 Å². The lowest BCUT2D eigenvalue weighted by Crippen LogP contribution is -2.18. The Balaban J connectivity index is 2.78. The van der Waals surface area contributed by atoms with Gasteiger partial charge < -0.3 is 9.47 Å². The van der Waals surface area contributed by atoms with Crippen molar-refractivity contribution < 1.29 is 9.47 Å². The molecular formula is C14H18O2. The van der Waals surface area contributed by atoms with E-state index >= 15 is 0 Å². The van der Waals surface area contributed by atoms with Crippen LogP contribution < -0.4 is 4.74 Å². The second kappa shape index (κ2) is 6.92. The molecule has 0 saturated carbocycles. The number of benzene rings is 1. The molecule has 0 unspecified atom stereocenters. The molecule has 0 aliphatic heterocycles.